The number of rotatable bonds is 6. The fourth-order valence-corrected chi connectivity index (χ4v) is 2.97. The van der Waals surface area contributed by atoms with Crippen molar-refractivity contribution in [1.82, 2.24) is 14.5 Å². The molecule has 0 saturated heterocycles. The summed E-state index contributed by atoms with van der Waals surface area (Å²) in [5.41, 5.74) is 2.78. The first kappa shape index (κ1) is 18.5. The van der Waals surface area contributed by atoms with E-state index in [2.05, 4.69) is 9.97 Å². The van der Waals surface area contributed by atoms with Crippen molar-refractivity contribution in [3.05, 3.63) is 77.7 Å². The van der Waals surface area contributed by atoms with Crippen LogP contribution in [0.15, 0.2) is 60.7 Å². The van der Waals surface area contributed by atoms with Crippen LogP contribution in [0.4, 0.5) is 0 Å². The minimum absolute atomic E-state index is 0.180. The van der Waals surface area contributed by atoms with Gasteiger partial charge in [0.2, 0.25) is 5.88 Å². The third-order valence-corrected chi connectivity index (χ3v) is 4.48. The highest BCUT2D eigenvalue weighted by Crippen LogP contribution is 2.25. The minimum atomic E-state index is -0.992. The van der Waals surface area contributed by atoms with E-state index >= 15 is 0 Å². The summed E-state index contributed by atoms with van der Waals surface area (Å²) >= 11 is 0. The van der Waals surface area contributed by atoms with Crippen LogP contribution in [0.25, 0.3) is 11.0 Å². The van der Waals surface area contributed by atoms with Crippen molar-refractivity contribution in [1.29, 1.82) is 0 Å². The number of hydrogen-bond acceptors (Lipinski definition) is 5. The number of carbonyl (C=O) groups is 1. The normalized spacial score (nSPS) is 10.8. The summed E-state index contributed by atoms with van der Waals surface area (Å²) in [6, 6.07) is 17.6. The van der Waals surface area contributed by atoms with Crippen molar-refractivity contribution in [2.75, 3.05) is 0 Å². The van der Waals surface area contributed by atoms with Crippen molar-refractivity contribution in [2.24, 2.45) is 7.05 Å². The van der Waals surface area contributed by atoms with Crippen LogP contribution in [0.1, 0.15) is 21.9 Å². The number of carboxylic acid groups (broad SMARTS) is 1. The minimum Gasteiger partial charge on any atom is -0.486 e. The number of pyridine rings is 1. The Morgan fingerprint density at radius 1 is 1.03 bits per heavy atom. The molecule has 2 heterocycles. The van der Waals surface area contributed by atoms with E-state index in [4.69, 9.17) is 14.6 Å². The van der Waals surface area contributed by atoms with Crippen molar-refractivity contribution >= 4 is 17.0 Å². The van der Waals surface area contributed by atoms with Gasteiger partial charge in [0.1, 0.15) is 23.9 Å². The predicted molar refractivity (Wildman–Crippen MR) is 107 cm³/mol. The highest BCUT2D eigenvalue weighted by atomic mass is 16.5. The molecule has 7 heteroatoms. The second-order valence-corrected chi connectivity index (χ2v) is 6.58. The van der Waals surface area contributed by atoms with Gasteiger partial charge < -0.3 is 19.1 Å². The summed E-state index contributed by atoms with van der Waals surface area (Å²) in [6.07, 6.45) is 0. The van der Waals surface area contributed by atoms with Gasteiger partial charge in [0.05, 0.1) is 16.6 Å². The maximum Gasteiger partial charge on any atom is 0.335 e. The average molecular weight is 389 g/mol. The van der Waals surface area contributed by atoms with E-state index in [1.165, 1.54) is 12.1 Å². The SMILES string of the molecule is Cc1cccc(Oc2ccc3nc(COc4cccc(C(=O)O)c4)n(C)c3c2)n1. The number of ether oxygens (including phenoxy) is 2. The van der Waals surface area contributed by atoms with Gasteiger partial charge in [-0.3, -0.25) is 0 Å². The van der Waals surface area contributed by atoms with Crippen LogP contribution in [0.2, 0.25) is 0 Å². The molecule has 0 fully saturated rings. The summed E-state index contributed by atoms with van der Waals surface area (Å²) in [5.74, 6) is 1.40. The molecule has 0 amide bonds. The van der Waals surface area contributed by atoms with E-state index < -0.39 is 5.97 Å². The lowest BCUT2D eigenvalue weighted by Gasteiger charge is -2.08. The molecule has 2 aromatic heterocycles. The molecular weight excluding hydrogens is 370 g/mol. The number of imidazole rings is 1. The Bertz CT molecular complexity index is 1200. The van der Waals surface area contributed by atoms with Gasteiger partial charge in [-0.05, 0) is 43.3 Å². The Morgan fingerprint density at radius 3 is 2.66 bits per heavy atom. The second kappa shape index (κ2) is 7.63. The van der Waals surface area contributed by atoms with Crippen molar-refractivity contribution in [2.45, 2.75) is 13.5 Å². The highest BCUT2D eigenvalue weighted by molar-refractivity contribution is 5.88. The molecule has 0 aliphatic carbocycles. The number of nitrogens with zero attached hydrogens (tertiary/aromatic N) is 3. The van der Waals surface area contributed by atoms with E-state index in [0.29, 0.717) is 23.2 Å². The first-order valence-corrected chi connectivity index (χ1v) is 9.02. The largest absolute Gasteiger partial charge is 0.486 e. The molecule has 0 aliphatic rings. The molecule has 4 aromatic rings. The number of benzene rings is 2. The lowest BCUT2D eigenvalue weighted by molar-refractivity contribution is 0.0696. The lowest BCUT2D eigenvalue weighted by atomic mass is 10.2. The van der Waals surface area contributed by atoms with E-state index in [0.717, 1.165) is 16.7 Å². The van der Waals surface area contributed by atoms with E-state index in [9.17, 15) is 4.79 Å². The smallest absolute Gasteiger partial charge is 0.335 e. The quantitative estimate of drug-likeness (QED) is 0.528. The lowest BCUT2D eigenvalue weighted by Crippen LogP contribution is -2.04. The molecule has 0 atom stereocenters. The zero-order valence-corrected chi connectivity index (χ0v) is 16.0. The average Bonchev–Trinajstić information content (AvgIpc) is 3.02. The second-order valence-electron chi connectivity index (χ2n) is 6.58. The van der Waals surface area contributed by atoms with Crippen LogP contribution >= 0.6 is 0 Å². The van der Waals surface area contributed by atoms with Crippen LogP contribution in [-0.2, 0) is 13.7 Å². The molecule has 0 unspecified atom stereocenters. The fourth-order valence-electron chi connectivity index (χ4n) is 2.97. The number of hydrogen-bond donors (Lipinski definition) is 1. The van der Waals surface area contributed by atoms with Crippen molar-refractivity contribution < 1.29 is 19.4 Å². The zero-order chi connectivity index (χ0) is 20.4. The van der Waals surface area contributed by atoms with Crippen LogP contribution in [-0.4, -0.2) is 25.6 Å². The van der Waals surface area contributed by atoms with Crippen LogP contribution < -0.4 is 9.47 Å². The number of fused-ring (bicyclic) bond motifs is 1. The Morgan fingerprint density at radius 2 is 1.86 bits per heavy atom. The van der Waals surface area contributed by atoms with E-state index in [-0.39, 0.29) is 12.2 Å². The summed E-state index contributed by atoms with van der Waals surface area (Å²) in [5, 5.41) is 9.09. The number of aromatic carboxylic acids is 1. The van der Waals surface area contributed by atoms with Crippen LogP contribution in [0, 0.1) is 6.92 Å². The molecule has 2 aromatic carbocycles. The molecule has 146 valence electrons. The van der Waals surface area contributed by atoms with Crippen LogP contribution in [0.3, 0.4) is 0 Å². The number of aryl methyl sites for hydroxylation is 2. The number of aromatic nitrogens is 3. The molecule has 0 saturated carbocycles. The van der Waals surface area contributed by atoms with Gasteiger partial charge in [-0.25, -0.2) is 14.8 Å². The molecule has 1 N–H and O–H groups in total. The molecule has 7 nitrogen and oxygen atoms in total. The molecule has 0 bridgehead atoms. The molecule has 29 heavy (non-hydrogen) atoms. The third-order valence-electron chi connectivity index (χ3n) is 4.48. The summed E-state index contributed by atoms with van der Waals surface area (Å²) < 4.78 is 13.5. The van der Waals surface area contributed by atoms with Gasteiger partial charge in [-0.1, -0.05) is 12.1 Å². The standard InChI is InChI=1S/C22H19N3O4/c1-14-5-3-8-21(23-14)29-17-9-10-18-19(12-17)25(2)20(24-18)13-28-16-7-4-6-15(11-16)22(26)27/h3-12H,13H2,1-2H3,(H,26,27). The van der Waals surface area contributed by atoms with E-state index in [1.54, 1.807) is 12.1 Å². The summed E-state index contributed by atoms with van der Waals surface area (Å²) in [6.45, 7) is 2.12. The molecule has 0 radical (unpaired) electrons. The molecule has 0 spiro atoms. The highest BCUT2D eigenvalue weighted by Gasteiger charge is 2.11. The monoisotopic (exact) mass is 389 g/mol. The fraction of sp³-hybridized carbons (Fsp3) is 0.136. The Hall–Kier alpha value is -3.87. The van der Waals surface area contributed by atoms with Gasteiger partial charge in [0.15, 0.2) is 0 Å². The first-order chi connectivity index (χ1) is 14.0. The maximum atomic E-state index is 11.1. The van der Waals surface area contributed by atoms with Gasteiger partial charge in [0.25, 0.3) is 0 Å². The van der Waals surface area contributed by atoms with Gasteiger partial charge in [-0.15, -0.1) is 0 Å². The van der Waals surface area contributed by atoms with Crippen LogP contribution in [0.5, 0.6) is 17.4 Å². The first-order valence-electron chi connectivity index (χ1n) is 9.02. The maximum absolute atomic E-state index is 11.1. The Balaban J connectivity index is 1.54. The molecular formula is C22H19N3O4. The summed E-state index contributed by atoms with van der Waals surface area (Å²) in [7, 11) is 1.90. The topological polar surface area (TPSA) is 86.5 Å². The molecule has 0 aliphatic heterocycles. The third kappa shape index (κ3) is 4.03. The van der Waals surface area contributed by atoms with Gasteiger partial charge >= 0.3 is 5.97 Å². The van der Waals surface area contributed by atoms with Crippen molar-refractivity contribution in [3.8, 4) is 17.4 Å². The zero-order valence-electron chi connectivity index (χ0n) is 16.0. The summed E-state index contributed by atoms with van der Waals surface area (Å²) in [4.78, 5) is 20.0. The van der Waals surface area contributed by atoms with Gasteiger partial charge in [-0.2, -0.15) is 0 Å². The Labute approximate surface area is 167 Å². The van der Waals surface area contributed by atoms with Crippen molar-refractivity contribution in [3.63, 3.8) is 0 Å². The predicted octanol–water partition coefficient (Wildman–Crippen LogP) is 4.35. The van der Waals surface area contributed by atoms with Gasteiger partial charge in [0, 0.05) is 24.9 Å². The van der Waals surface area contributed by atoms with E-state index in [1.807, 2.05) is 54.9 Å². The molecule has 4 rings (SSSR count). The Kier molecular flexibility index (Phi) is 4.87. The number of carboxylic acids is 1.